The SMILES string of the molecule is CCCn1c(=O)c2ccccc2n2c(SC(C)C(=O)c3ccc4c(c3)CCN4C(C)=O)nnc12. The minimum atomic E-state index is -0.416. The Bertz CT molecular complexity index is 1510. The average Bonchev–Trinajstić information content (AvgIpc) is 3.45. The molecule has 0 fully saturated rings. The second-order valence-electron chi connectivity index (χ2n) is 8.48. The highest BCUT2D eigenvalue weighted by Gasteiger charge is 2.26. The fourth-order valence-electron chi connectivity index (χ4n) is 4.56. The number of carbonyl (C=O) groups excluding carboxylic acids is 2. The van der Waals surface area contributed by atoms with Gasteiger partial charge in [0.2, 0.25) is 11.7 Å². The van der Waals surface area contributed by atoms with Crippen LogP contribution in [0.3, 0.4) is 0 Å². The van der Waals surface area contributed by atoms with E-state index >= 15 is 0 Å². The van der Waals surface area contributed by atoms with Crippen LogP contribution in [-0.2, 0) is 17.8 Å². The van der Waals surface area contributed by atoms with Gasteiger partial charge in [0.1, 0.15) is 0 Å². The lowest BCUT2D eigenvalue weighted by atomic mass is 10.0. The van der Waals surface area contributed by atoms with Gasteiger partial charge in [0.05, 0.1) is 16.2 Å². The predicted molar refractivity (Wildman–Crippen MR) is 133 cm³/mol. The van der Waals surface area contributed by atoms with E-state index in [4.69, 9.17) is 0 Å². The van der Waals surface area contributed by atoms with E-state index in [1.54, 1.807) is 28.5 Å². The molecule has 0 N–H and O–H groups in total. The highest BCUT2D eigenvalue weighted by atomic mass is 32.2. The van der Waals surface area contributed by atoms with Gasteiger partial charge in [-0.3, -0.25) is 23.4 Å². The smallest absolute Gasteiger partial charge is 0.262 e. The van der Waals surface area contributed by atoms with Crippen molar-refractivity contribution in [1.29, 1.82) is 0 Å². The number of hydrogen-bond donors (Lipinski definition) is 0. The molecule has 34 heavy (non-hydrogen) atoms. The largest absolute Gasteiger partial charge is 0.312 e. The zero-order valence-corrected chi connectivity index (χ0v) is 20.1. The zero-order valence-electron chi connectivity index (χ0n) is 19.3. The molecule has 1 aliphatic rings. The molecule has 2 aromatic carbocycles. The number of ketones is 1. The Hall–Kier alpha value is -3.46. The molecule has 5 rings (SSSR count). The van der Waals surface area contributed by atoms with Crippen LogP contribution in [0.4, 0.5) is 5.69 Å². The molecule has 0 bridgehead atoms. The van der Waals surface area contributed by atoms with Gasteiger partial charge in [0.25, 0.3) is 5.56 Å². The number of fused-ring (bicyclic) bond motifs is 4. The number of anilines is 1. The predicted octanol–water partition coefficient (Wildman–Crippen LogP) is 3.73. The van der Waals surface area contributed by atoms with Crippen molar-refractivity contribution < 1.29 is 9.59 Å². The molecule has 0 saturated heterocycles. The maximum absolute atomic E-state index is 13.3. The van der Waals surface area contributed by atoms with Crippen molar-refractivity contribution >= 4 is 45.8 Å². The van der Waals surface area contributed by atoms with Crippen molar-refractivity contribution in [3.63, 3.8) is 0 Å². The van der Waals surface area contributed by atoms with Gasteiger partial charge >= 0.3 is 0 Å². The lowest BCUT2D eigenvalue weighted by molar-refractivity contribution is -0.116. The standard InChI is InChI=1S/C25H25N5O3S/c1-4-12-29-23(33)19-7-5-6-8-21(19)30-24(29)26-27-25(30)34-15(2)22(32)18-9-10-20-17(14-18)11-13-28(20)16(3)31/h5-10,14-15H,4,11-13H2,1-3H3. The van der Waals surface area contributed by atoms with Crippen LogP contribution in [0.25, 0.3) is 16.7 Å². The molecule has 1 amide bonds. The maximum Gasteiger partial charge on any atom is 0.262 e. The summed E-state index contributed by atoms with van der Waals surface area (Å²) in [5.74, 6) is 0.473. The van der Waals surface area contributed by atoms with Gasteiger partial charge in [0, 0.05) is 31.3 Å². The number of hydrogen-bond acceptors (Lipinski definition) is 6. The van der Waals surface area contributed by atoms with Crippen LogP contribution in [0.2, 0.25) is 0 Å². The molecule has 4 aromatic rings. The highest BCUT2D eigenvalue weighted by Crippen LogP contribution is 2.31. The molecule has 8 nitrogen and oxygen atoms in total. The first-order valence-corrected chi connectivity index (χ1v) is 12.3. The minimum Gasteiger partial charge on any atom is -0.312 e. The molecule has 2 aromatic heterocycles. The average molecular weight is 476 g/mol. The van der Waals surface area contributed by atoms with Gasteiger partial charge < -0.3 is 4.90 Å². The molecule has 1 unspecified atom stereocenters. The number of aryl methyl sites for hydroxylation is 1. The first-order valence-electron chi connectivity index (χ1n) is 11.4. The Morgan fingerprint density at radius 1 is 1.15 bits per heavy atom. The first-order chi connectivity index (χ1) is 16.4. The fourth-order valence-corrected chi connectivity index (χ4v) is 5.50. The molecule has 174 valence electrons. The Morgan fingerprint density at radius 2 is 1.94 bits per heavy atom. The second-order valence-corrected chi connectivity index (χ2v) is 9.79. The zero-order chi connectivity index (χ0) is 24.0. The number of rotatable bonds is 6. The summed E-state index contributed by atoms with van der Waals surface area (Å²) in [4.78, 5) is 39.9. The van der Waals surface area contributed by atoms with E-state index in [-0.39, 0.29) is 17.2 Å². The van der Waals surface area contributed by atoms with Crippen molar-refractivity contribution in [1.82, 2.24) is 19.2 Å². The van der Waals surface area contributed by atoms with Gasteiger partial charge in [-0.25, -0.2) is 0 Å². The van der Waals surface area contributed by atoms with Crippen LogP contribution in [0, 0.1) is 0 Å². The molecule has 1 atom stereocenters. The molecule has 9 heteroatoms. The Balaban J connectivity index is 1.50. The molecule has 0 spiro atoms. The maximum atomic E-state index is 13.3. The van der Waals surface area contributed by atoms with Crippen molar-refractivity contribution in [3.05, 3.63) is 63.9 Å². The van der Waals surface area contributed by atoms with Gasteiger partial charge in [0.15, 0.2) is 10.9 Å². The fraction of sp³-hybridized carbons (Fsp3) is 0.320. The van der Waals surface area contributed by atoms with Gasteiger partial charge in [-0.1, -0.05) is 30.8 Å². The number of thioether (sulfide) groups is 1. The monoisotopic (exact) mass is 475 g/mol. The summed E-state index contributed by atoms with van der Waals surface area (Å²) in [6, 6.07) is 12.9. The lowest BCUT2D eigenvalue weighted by Crippen LogP contribution is -2.25. The van der Waals surface area contributed by atoms with Crippen molar-refractivity contribution in [3.8, 4) is 0 Å². The summed E-state index contributed by atoms with van der Waals surface area (Å²) in [6.07, 6.45) is 1.53. The number of amides is 1. The number of aromatic nitrogens is 4. The van der Waals surface area contributed by atoms with Crippen LogP contribution in [0.5, 0.6) is 0 Å². The molecule has 0 saturated carbocycles. The number of nitrogens with zero attached hydrogens (tertiary/aromatic N) is 5. The van der Waals surface area contributed by atoms with E-state index in [9.17, 15) is 14.4 Å². The number of Topliss-reactive ketones (excluding diaryl/α,β-unsaturated/α-hetero) is 1. The summed E-state index contributed by atoms with van der Waals surface area (Å²) in [5.41, 5.74) is 3.15. The van der Waals surface area contributed by atoms with Gasteiger partial charge in [-0.2, -0.15) is 0 Å². The van der Waals surface area contributed by atoms with E-state index in [0.29, 0.717) is 35.0 Å². The first kappa shape index (κ1) is 22.3. The molecule has 3 heterocycles. The van der Waals surface area contributed by atoms with E-state index in [0.717, 1.165) is 29.6 Å². The Morgan fingerprint density at radius 3 is 2.71 bits per heavy atom. The Kier molecular flexibility index (Phi) is 5.73. The van der Waals surface area contributed by atoms with Crippen LogP contribution in [0.1, 0.15) is 43.1 Å². The third-order valence-corrected chi connectivity index (χ3v) is 7.26. The summed E-state index contributed by atoms with van der Waals surface area (Å²) in [6.45, 7) is 6.60. The molecule has 1 aliphatic heterocycles. The number of para-hydroxylation sites is 1. The van der Waals surface area contributed by atoms with E-state index in [1.165, 1.54) is 11.8 Å². The normalized spacial score (nSPS) is 14.0. The summed E-state index contributed by atoms with van der Waals surface area (Å²) < 4.78 is 3.52. The summed E-state index contributed by atoms with van der Waals surface area (Å²) >= 11 is 1.33. The quantitative estimate of drug-likeness (QED) is 0.312. The molecular weight excluding hydrogens is 450 g/mol. The van der Waals surface area contributed by atoms with Crippen LogP contribution >= 0.6 is 11.8 Å². The topological polar surface area (TPSA) is 89.6 Å². The van der Waals surface area contributed by atoms with Crippen molar-refractivity contribution in [2.75, 3.05) is 11.4 Å². The van der Waals surface area contributed by atoms with E-state index in [1.807, 2.05) is 48.6 Å². The van der Waals surface area contributed by atoms with E-state index < -0.39 is 5.25 Å². The number of carbonyl (C=O) groups is 2. The third kappa shape index (κ3) is 3.60. The third-order valence-electron chi connectivity index (χ3n) is 6.22. The summed E-state index contributed by atoms with van der Waals surface area (Å²) in [5, 5.41) is 9.41. The van der Waals surface area contributed by atoms with E-state index in [2.05, 4.69) is 10.2 Å². The highest BCUT2D eigenvalue weighted by molar-refractivity contribution is 8.00. The van der Waals surface area contributed by atoms with Crippen molar-refractivity contribution in [2.45, 2.75) is 50.6 Å². The van der Waals surface area contributed by atoms with Crippen molar-refractivity contribution in [2.24, 2.45) is 0 Å². The lowest BCUT2D eigenvalue weighted by Gasteiger charge is -2.15. The molecular formula is C25H25N5O3S. The van der Waals surface area contributed by atoms with Crippen LogP contribution in [-0.4, -0.2) is 42.7 Å². The summed E-state index contributed by atoms with van der Waals surface area (Å²) in [7, 11) is 0. The molecule has 0 aliphatic carbocycles. The molecule has 0 radical (unpaired) electrons. The van der Waals surface area contributed by atoms with Gasteiger partial charge in [-0.05, 0) is 55.7 Å². The van der Waals surface area contributed by atoms with Crippen LogP contribution in [0.15, 0.2) is 52.4 Å². The van der Waals surface area contributed by atoms with Gasteiger partial charge in [-0.15, -0.1) is 10.2 Å². The Labute approximate surface area is 200 Å². The van der Waals surface area contributed by atoms with Crippen LogP contribution < -0.4 is 10.5 Å². The minimum absolute atomic E-state index is 0.00853. The number of benzene rings is 2. The second kappa shape index (κ2) is 8.72.